The summed E-state index contributed by atoms with van der Waals surface area (Å²) in [5.74, 6) is -0.879. The molecule has 0 saturated carbocycles. The number of rotatable bonds is 54. The zero-order valence-electron chi connectivity index (χ0n) is 44.9. The zero-order chi connectivity index (χ0) is 48.6. The van der Waals surface area contributed by atoms with E-state index in [-0.39, 0.29) is 31.1 Å². The van der Waals surface area contributed by atoms with Gasteiger partial charge in [-0.05, 0) is 96.3 Å². The summed E-state index contributed by atoms with van der Waals surface area (Å²) in [5.41, 5.74) is 0. The van der Waals surface area contributed by atoms with Crippen LogP contribution in [-0.4, -0.2) is 37.2 Å². The molecule has 0 aliphatic carbocycles. The summed E-state index contributed by atoms with van der Waals surface area (Å²) < 4.78 is 16.9. The maximum Gasteiger partial charge on any atom is 0.306 e. The van der Waals surface area contributed by atoms with Crippen LogP contribution in [0.3, 0.4) is 0 Å². The second-order valence-corrected chi connectivity index (χ2v) is 19.9. The summed E-state index contributed by atoms with van der Waals surface area (Å²) in [7, 11) is 0. The predicted octanol–water partition coefficient (Wildman–Crippen LogP) is 19.7. The highest BCUT2D eigenvalue weighted by Crippen LogP contribution is 2.16. The summed E-state index contributed by atoms with van der Waals surface area (Å²) in [6, 6.07) is 0. The van der Waals surface area contributed by atoms with Crippen molar-refractivity contribution < 1.29 is 28.6 Å². The fraction of sp³-hybridized carbons (Fsp3) is 0.852. The van der Waals surface area contributed by atoms with E-state index in [4.69, 9.17) is 14.2 Å². The van der Waals surface area contributed by atoms with E-state index >= 15 is 0 Å². The van der Waals surface area contributed by atoms with Crippen LogP contribution < -0.4 is 0 Å². The summed E-state index contributed by atoms with van der Waals surface area (Å²) in [6.07, 6.45) is 67.1. The lowest BCUT2D eigenvalue weighted by Gasteiger charge is -2.18. The van der Waals surface area contributed by atoms with Crippen LogP contribution in [0.2, 0.25) is 0 Å². The Morgan fingerprint density at radius 2 is 0.493 bits per heavy atom. The Labute approximate surface area is 416 Å². The number of carbonyl (C=O) groups is 3. The molecule has 0 saturated heterocycles. The topological polar surface area (TPSA) is 78.9 Å². The van der Waals surface area contributed by atoms with Gasteiger partial charge in [-0.15, -0.1) is 0 Å². The van der Waals surface area contributed by atoms with Crippen molar-refractivity contribution in [2.75, 3.05) is 13.2 Å². The molecule has 67 heavy (non-hydrogen) atoms. The van der Waals surface area contributed by atoms with Gasteiger partial charge in [0.15, 0.2) is 6.10 Å². The van der Waals surface area contributed by atoms with Crippen molar-refractivity contribution >= 4 is 17.9 Å². The van der Waals surface area contributed by atoms with Crippen LogP contribution >= 0.6 is 0 Å². The molecule has 0 rings (SSSR count). The number of allylic oxidation sites excluding steroid dienone is 6. The molecule has 392 valence electrons. The largest absolute Gasteiger partial charge is 0.462 e. The number of carbonyl (C=O) groups excluding carboxylic acids is 3. The normalized spacial score (nSPS) is 12.2. The molecule has 0 aromatic carbocycles. The second-order valence-electron chi connectivity index (χ2n) is 19.9. The van der Waals surface area contributed by atoms with Gasteiger partial charge in [-0.1, -0.05) is 237 Å². The van der Waals surface area contributed by atoms with E-state index in [1.165, 1.54) is 205 Å². The van der Waals surface area contributed by atoms with Crippen LogP contribution in [0.5, 0.6) is 0 Å². The van der Waals surface area contributed by atoms with Gasteiger partial charge in [0, 0.05) is 19.3 Å². The minimum atomic E-state index is -0.778. The maximum absolute atomic E-state index is 12.8. The lowest BCUT2D eigenvalue weighted by Crippen LogP contribution is -2.30. The first kappa shape index (κ1) is 64.6. The smallest absolute Gasteiger partial charge is 0.306 e. The predicted molar refractivity (Wildman–Crippen MR) is 289 cm³/mol. The minimum Gasteiger partial charge on any atom is -0.462 e. The highest BCUT2D eigenvalue weighted by atomic mass is 16.6. The van der Waals surface area contributed by atoms with Crippen LogP contribution in [-0.2, 0) is 28.6 Å². The van der Waals surface area contributed by atoms with Crippen LogP contribution in [0.1, 0.15) is 316 Å². The Hall–Kier alpha value is -2.37. The number of esters is 3. The molecule has 0 fully saturated rings. The van der Waals surface area contributed by atoms with Crippen LogP contribution in [0, 0.1) is 0 Å². The summed E-state index contributed by atoms with van der Waals surface area (Å²) in [6.45, 7) is 6.64. The monoisotopic (exact) mass is 941 g/mol. The van der Waals surface area contributed by atoms with Gasteiger partial charge < -0.3 is 14.2 Å². The molecule has 0 N–H and O–H groups in total. The summed E-state index contributed by atoms with van der Waals surface area (Å²) >= 11 is 0. The molecule has 0 bridgehead atoms. The van der Waals surface area contributed by atoms with Gasteiger partial charge in [0.25, 0.3) is 0 Å². The Morgan fingerprint density at radius 1 is 0.284 bits per heavy atom. The molecule has 0 unspecified atom stereocenters. The number of unbranched alkanes of at least 4 members (excludes halogenated alkanes) is 37. The molecule has 0 spiro atoms. The highest BCUT2D eigenvalue weighted by molar-refractivity contribution is 5.71. The Bertz CT molecular complexity index is 1130. The van der Waals surface area contributed by atoms with Crippen LogP contribution in [0.25, 0.3) is 0 Å². The molecule has 0 amide bonds. The van der Waals surface area contributed by atoms with Gasteiger partial charge in [-0.2, -0.15) is 0 Å². The van der Waals surface area contributed by atoms with Crippen molar-refractivity contribution in [2.24, 2.45) is 0 Å². The molecule has 0 radical (unpaired) electrons. The van der Waals surface area contributed by atoms with Crippen molar-refractivity contribution in [3.63, 3.8) is 0 Å². The van der Waals surface area contributed by atoms with E-state index in [9.17, 15) is 14.4 Å². The zero-order valence-corrected chi connectivity index (χ0v) is 44.9. The maximum atomic E-state index is 12.8. The molecule has 0 heterocycles. The van der Waals surface area contributed by atoms with E-state index in [0.717, 1.165) is 70.6 Å². The number of ether oxygens (including phenoxy) is 3. The second kappa shape index (κ2) is 56.2. The third-order valence-corrected chi connectivity index (χ3v) is 13.1. The first-order chi connectivity index (χ1) is 33.0. The summed E-state index contributed by atoms with van der Waals surface area (Å²) in [4.78, 5) is 38.1. The average molecular weight is 942 g/mol. The van der Waals surface area contributed by atoms with Crippen LogP contribution in [0.4, 0.5) is 0 Å². The van der Waals surface area contributed by atoms with Crippen molar-refractivity contribution in [3.05, 3.63) is 36.5 Å². The Morgan fingerprint density at radius 3 is 0.761 bits per heavy atom. The van der Waals surface area contributed by atoms with Gasteiger partial charge in [-0.25, -0.2) is 0 Å². The van der Waals surface area contributed by atoms with Gasteiger partial charge in [0.2, 0.25) is 0 Å². The lowest BCUT2D eigenvalue weighted by molar-refractivity contribution is -0.167. The minimum absolute atomic E-state index is 0.0761. The van der Waals surface area contributed by atoms with Crippen molar-refractivity contribution in [1.82, 2.24) is 0 Å². The lowest BCUT2D eigenvalue weighted by atomic mass is 10.0. The molecular weight excluding hydrogens is 829 g/mol. The highest BCUT2D eigenvalue weighted by Gasteiger charge is 2.19. The van der Waals surface area contributed by atoms with E-state index in [1.54, 1.807) is 0 Å². The van der Waals surface area contributed by atoms with E-state index in [1.807, 2.05) is 0 Å². The quantitative estimate of drug-likeness (QED) is 0.0262. The fourth-order valence-corrected chi connectivity index (χ4v) is 8.60. The van der Waals surface area contributed by atoms with Crippen molar-refractivity contribution in [3.8, 4) is 0 Å². The van der Waals surface area contributed by atoms with Gasteiger partial charge in [0.05, 0.1) is 0 Å². The van der Waals surface area contributed by atoms with E-state index in [2.05, 4.69) is 57.2 Å². The SMILES string of the molecule is CCCCCC/C=C\CCCCCCCC(=O)O[C@@H](COC(=O)CCCCCCC/C=C\CCCCCCCC)COC(=O)CCCCCCCCCCCCC/C=C\CCCCCCCC. The number of hydrogen-bond acceptors (Lipinski definition) is 6. The fourth-order valence-electron chi connectivity index (χ4n) is 8.60. The van der Waals surface area contributed by atoms with Gasteiger partial charge in [-0.3, -0.25) is 14.4 Å². The molecule has 6 nitrogen and oxygen atoms in total. The third kappa shape index (κ3) is 54.4. The molecule has 6 heteroatoms. The van der Waals surface area contributed by atoms with Gasteiger partial charge in [0.1, 0.15) is 13.2 Å². The molecular formula is C61H112O6. The first-order valence-electron chi connectivity index (χ1n) is 29.5. The Balaban J connectivity index is 4.30. The number of hydrogen-bond donors (Lipinski definition) is 0. The molecule has 0 aliphatic rings. The van der Waals surface area contributed by atoms with Gasteiger partial charge >= 0.3 is 17.9 Å². The van der Waals surface area contributed by atoms with E-state index < -0.39 is 6.10 Å². The Kier molecular flexibility index (Phi) is 54.2. The molecule has 1 atom stereocenters. The molecule has 0 aliphatic heterocycles. The molecule has 0 aromatic heterocycles. The third-order valence-electron chi connectivity index (χ3n) is 13.1. The van der Waals surface area contributed by atoms with Crippen LogP contribution in [0.15, 0.2) is 36.5 Å². The van der Waals surface area contributed by atoms with Crippen molar-refractivity contribution in [2.45, 2.75) is 322 Å². The standard InChI is InChI=1S/C61H112O6/c1-4-7-10-13-16-19-22-25-27-28-29-30-31-32-34-37-39-42-45-48-51-54-60(63)66-57-58(67-61(64)55-52-49-46-43-40-35-24-21-18-15-12-9-6-3)56-65-59(62)53-50-47-44-41-38-36-33-26-23-20-17-14-11-8-5-2/h21,24-27,33,58H,4-20,22-23,28-32,34-57H2,1-3H3/b24-21-,27-25-,33-26-/t58-/m0/s1. The average Bonchev–Trinajstić information content (AvgIpc) is 3.33. The van der Waals surface area contributed by atoms with E-state index in [0.29, 0.717) is 19.3 Å². The first-order valence-corrected chi connectivity index (χ1v) is 29.5. The van der Waals surface area contributed by atoms with Crippen molar-refractivity contribution in [1.29, 1.82) is 0 Å². The molecule has 0 aromatic rings. The summed E-state index contributed by atoms with van der Waals surface area (Å²) in [5, 5.41) is 0.